The number of nitrogens with zero attached hydrogens (tertiary/aromatic N) is 4. The van der Waals surface area contributed by atoms with Gasteiger partial charge in [-0.3, -0.25) is 9.48 Å². The van der Waals surface area contributed by atoms with Crippen molar-refractivity contribution in [3.8, 4) is 0 Å². The zero-order chi connectivity index (χ0) is 15.4. The summed E-state index contributed by atoms with van der Waals surface area (Å²) in [6, 6.07) is 0.229. The zero-order valence-corrected chi connectivity index (χ0v) is 12.8. The van der Waals surface area contributed by atoms with Crippen LogP contribution >= 0.6 is 0 Å². The summed E-state index contributed by atoms with van der Waals surface area (Å²) in [5.41, 5.74) is 0.591. The van der Waals surface area contributed by atoms with Gasteiger partial charge < -0.3 is 14.5 Å². The molecule has 0 radical (unpaired) electrons. The first kappa shape index (κ1) is 15.3. The van der Waals surface area contributed by atoms with Crippen molar-refractivity contribution < 1.29 is 14.3 Å². The molecule has 0 aliphatic carbocycles. The van der Waals surface area contributed by atoms with E-state index in [0.717, 1.165) is 0 Å². The van der Waals surface area contributed by atoms with E-state index in [-0.39, 0.29) is 18.0 Å². The summed E-state index contributed by atoms with van der Waals surface area (Å²) < 4.78 is 6.73. The lowest BCUT2D eigenvalue weighted by molar-refractivity contribution is 0.0570. The number of ether oxygens (including phenoxy) is 1. The zero-order valence-electron chi connectivity index (χ0n) is 12.8. The second kappa shape index (κ2) is 6.60. The van der Waals surface area contributed by atoms with Crippen molar-refractivity contribution in [2.75, 3.05) is 32.8 Å². The summed E-state index contributed by atoms with van der Waals surface area (Å²) in [5, 5.41) is 4.18. The summed E-state index contributed by atoms with van der Waals surface area (Å²) in [6.45, 7) is 8.22. The number of aromatic nitrogens is 2. The summed E-state index contributed by atoms with van der Waals surface area (Å²) in [6.07, 6.45) is 3.06. The Morgan fingerprint density at radius 1 is 1.24 bits per heavy atom. The van der Waals surface area contributed by atoms with Gasteiger partial charge in [0.25, 0.3) is 5.91 Å². The van der Waals surface area contributed by atoms with Crippen LogP contribution in [0, 0.1) is 0 Å². The molecule has 1 saturated heterocycles. The Labute approximate surface area is 124 Å². The topological polar surface area (TPSA) is 67.7 Å². The quantitative estimate of drug-likeness (QED) is 0.844. The molecule has 1 aliphatic heterocycles. The highest BCUT2D eigenvalue weighted by molar-refractivity contribution is 5.93. The van der Waals surface area contributed by atoms with Crippen LogP contribution in [0.4, 0.5) is 4.79 Å². The van der Waals surface area contributed by atoms with Crippen molar-refractivity contribution in [1.29, 1.82) is 0 Å². The van der Waals surface area contributed by atoms with Crippen LogP contribution < -0.4 is 0 Å². The fourth-order valence-corrected chi connectivity index (χ4v) is 2.22. The van der Waals surface area contributed by atoms with Crippen LogP contribution in [0.2, 0.25) is 0 Å². The second-order valence-corrected chi connectivity index (χ2v) is 5.28. The van der Waals surface area contributed by atoms with Crippen molar-refractivity contribution in [2.45, 2.75) is 26.8 Å². The molecule has 0 atom stereocenters. The molecule has 0 unspecified atom stereocenters. The minimum absolute atomic E-state index is 0.0367. The smallest absolute Gasteiger partial charge is 0.409 e. The van der Waals surface area contributed by atoms with Crippen molar-refractivity contribution in [1.82, 2.24) is 19.6 Å². The van der Waals surface area contributed by atoms with Gasteiger partial charge in [-0.1, -0.05) is 0 Å². The molecular formula is C14H22N4O3. The third-order valence-electron chi connectivity index (χ3n) is 3.47. The average Bonchev–Trinajstić information content (AvgIpc) is 2.97. The average molecular weight is 294 g/mol. The lowest BCUT2D eigenvalue weighted by Gasteiger charge is -2.33. The minimum Gasteiger partial charge on any atom is -0.450 e. The van der Waals surface area contributed by atoms with Crippen LogP contribution in [0.5, 0.6) is 0 Å². The summed E-state index contributed by atoms with van der Waals surface area (Å²) in [5.74, 6) is -0.0367. The molecular weight excluding hydrogens is 272 g/mol. The molecule has 1 aliphatic rings. The normalized spacial score (nSPS) is 15.4. The molecule has 7 heteroatoms. The van der Waals surface area contributed by atoms with Crippen molar-refractivity contribution in [3.05, 3.63) is 18.0 Å². The van der Waals surface area contributed by atoms with Gasteiger partial charge in [0.15, 0.2) is 0 Å². The number of rotatable bonds is 3. The van der Waals surface area contributed by atoms with E-state index >= 15 is 0 Å². The van der Waals surface area contributed by atoms with Gasteiger partial charge in [-0.15, -0.1) is 0 Å². The summed E-state index contributed by atoms with van der Waals surface area (Å²) in [4.78, 5) is 27.4. The lowest BCUT2D eigenvalue weighted by Crippen LogP contribution is -2.50. The van der Waals surface area contributed by atoms with E-state index < -0.39 is 0 Å². The molecule has 1 aromatic rings. The van der Waals surface area contributed by atoms with Crippen molar-refractivity contribution in [2.24, 2.45) is 0 Å². The highest BCUT2D eigenvalue weighted by Gasteiger charge is 2.26. The van der Waals surface area contributed by atoms with E-state index in [0.29, 0.717) is 38.3 Å². The predicted octanol–water partition coefficient (Wildman–Crippen LogP) is 1.38. The van der Waals surface area contributed by atoms with Crippen LogP contribution in [-0.2, 0) is 4.74 Å². The van der Waals surface area contributed by atoms with Crippen molar-refractivity contribution in [3.63, 3.8) is 0 Å². The fraction of sp³-hybridized carbons (Fsp3) is 0.643. The van der Waals surface area contributed by atoms with Gasteiger partial charge in [0, 0.05) is 38.4 Å². The summed E-state index contributed by atoms with van der Waals surface area (Å²) >= 11 is 0. The number of carbonyl (C=O) groups is 2. The molecule has 0 N–H and O–H groups in total. The monoisotopic (exact) mass is 294 g/mol. The van der Waals surface area contributed by atoms with Crippen LogP contribution in [0.25, 0.3) is 0 Å². The van der Waals surface area contributed by atoms with Gasteiger partial charge >= 0.3 is 6.09 Å². The van der Waals surface area contributed by atoms with Crippen molar-refractivity contribution >= 4 is 12.0 Å². The Hall–Kier alpha value is -2.05. The van der Waals surface area contributed by atoms with Gasteiger partial charge in [0.1, 0.15) is 0 Å². The van der Waals surface area contributed by atoms with Crippen LogP contribution in [0.3, 0.4) is 0 Å². The second-order valence-electron chi connectivity index (χ2n) is 5.28. The highest BCUT2D eigenvalue weighted by atomic mass is 16.6. The third kappa shape index (κ3) is 3.53. The van der Waals surface area contributed by atoms with Gasteiger partial charge in [-0.2, -0.15) is 5.10 Å². The molecule has 0 spiro atoms. The van der Waals surface area contributed by atoms with E-state index in [1.807, 2.05) is 13.8 Å². The van der Waals surface area contributed by atoms with E-state index in [2.05, 4.69) is 5.10 Å². The van der Waals surface area contributed by atoms with E-state index in [4.69, 9.17) is 4.74 Å². The van der Waals surface area contributed by atoms with Gasteiger partial charge in [0.2, 0.25) is 0 Å². The Kier molecular flexibility index (Phi) is 4.82. The molecule has 1 aromatic heterocycles. The molecule has 0 saturated carbocycles. The Morgan fingerprint density at radius 2 is 1.86 bits per heavy atom. The Balaban J connectivity index is 1.92. The lowest BCUT2D eigenvalue weighted by atomic mass is 10.2. The molecule has 7 nitrogen and oxygen atoms in total. The number of piperazine rings is 1. The summed E-state index contributed by atoms with van der Waals surface area (Å²) in [7, 11) is 0. The highest BCUT2D eigenvalue weighted by Crippen LogP contribution is 2.11. The first-order valence-corrected chi connectivity index (χ1v) is 7.28. The minimum atomic E-state index is -0.308. The standard InChI is InChI=1S/C14H22N4O3/c1-4-21-14(20)17-7-5-16(6-8-17)13(19)12-9-15-18(10-12)11(2)3/h9-11H,4-8H2,1-3H3. The number of hydrogen-bond donors (Lipinski definition) is 0. The number of carbonyl (C=O) groups excluding carboxylic acids is 2. The first-order chi connectivity index (χ1) is 10.0. The molecule has 2 amide bonds. The van der Waals surface area contributed by atoms with Gasteiger partial charge in [-0.25, -0.2) is 4.79 Å². The molecule has 0 aromatic carbocycles. The largest absolute Gasteiger partial charge is 0.450 e. The molecule has 116 valence electrons. The van der Waals surface area contributed by atoms with Gasteiger partial charge in [-0.05, 0) is 20.8 Å². The molecule has 2 rings (SSSR count). The van der Waals surface area contributed by atoms with Crippen LogP contribution in [-0.4, -0.2) is 64.4 Å². The first-order valence-electron chi connectivity index (χ1n) is 7.28. The number of hydrogen-bond acceptors (Lipinski definition) is 4. The maximum atomic E-state index is 12.4. The van der Waals surface area contributed by atoms with E-state index in [9.17, 15) is 9.59 Å². The fourth-order valence-electron chi connectivity index (χ4n) is 2.22. The molecule has 21 heavy (non-hydrogen) atoms. The SMILES string of the molecule is CCOC(=O)N1CCN(C(=O)c2cnn(C(C)C)c2)CC1. The van der Waals surface area contributed by atoms with Gasteiger partial charge in [0.05, 0.1) is 18.4 Å². The van der Waals surface area contributed by atoms with E-state index in [1.54, 1.807) is 33.8 Å². The van der Waals surface area contributed by atoms with Crippen LogP contribution in [0.15, 0.2) is 12.4 Å². The molecule has 0 bridgehead atoms. The maximum Gasteiger partial charge on any atom is 0.409 e. The van der Waals surface area contributed by atoms with E-state index in [1.165, 1.54) is 0 Å². The predicted molar refractivity (Wildman–Crippen MR) is 77.1 cm³/mol. The Morgan fingerprint density at radius 3 is 2.38 bits per heavy atom. The Bertz CT molecular complexity index is 504. The molecule has 2 heterocycles. The number of amides is 2. The van der Waals surface area contributed by atoms with Crippen LogP contribution in [0.1, 0.15) is 37.2 Å². The third-order valence-corrected chi connectivity index (χ3v) is 3.47. The molecule has 1 fully saturated rings. The maximum absolute atomic E-state index is 12.4.